The van der Waals surface area contributed by atoms with E-state index >= 15 is 0 Å². The topological polar surface area (TPSA) is 46.2 Å². The summed E-state index contributed by atoms with van der Waals surface area (Å²) in [5.41, 5.74) is 9.00. The van der Waals surface area contributed by atoms with Crippen molar-refractivity contribution in [1.82, 2.24) is 0 Å². The lowest BCUT2D eigenvalue weighted by molar-refractivity contribution is 0.208. The minimum atomic E-state index is -0.578. The van der Waals surface area contributed by atoms with Crippen molar-refractivity contribution in [3.8, 4) is 11.1 Å². The number of hydrogen-bond donors (Lipinski definition) is 2. The molecule has 0 aliphatic rings. The summed E-state index contributed by atoms with van der Waals surface area (Å²) in [6.45, 7) is 1.85. The highest BCUT2D eigenvalue weighted by Crippen LogP contribution is 2.25. The number of aliphatic hydroxyl groups excluding tert-OH is 1. The minimum absolute atomic E-state index is 0.0177. The van der Waals surface area contributed by atoms with Crippen LogP contribution in [-0.4, -0.2) is 17.3 Å². The van der Waals surface area contributed by atoms with Crippen molar-refractivity contribution in [3.05, 3.63) is 60.2 Å². The molecule has 0 bridgehead atoms. The Morgan fingerprint density at radius 1 is 1.00 bits per heavy atom. The highest BCUT2D eigenvalue weighted by Gasteiger charge is 2.19. The molecule has 2 nitrogen and oxygen atoms in total. The fraction of sp³-hybridized carbons (Fsp3) is 0.250. The summed E-state index contributed by atoms with van der Waals surface area (Å²) in [5, 5.41) is 9.29. The first-order chi connectivity index (χ1) is 8.62. The van der Waals surface area contributed by atoms with Gasteiger partial charge in [-0.15, -0.1) is 0 Å². The molecule has 2 aromatic rings. The first-order valence-electron chi connectivity index (χ1n) is 6.15. The van der Waals surface area contributed by atoms with Crippen molar-refractivity contribution in [3.63, 3.8) is 0 Å². The quantitative estimate of drug-likeness (QED) is 0.864. The molecule has 0 saturated heterocycles. The lowest BCUT2D eigenvalue weighted by Crippen LogP contribution is -2.42. The molecular weight excluding hydrogens is 222 g/mol. The second-order valence-electron chi connectivity index (χ2n) is 5.01. The molecule has 0 fully saturated rings. The van der Waals surface area contributed by atoms with Crippen LogP contribution in [0.1, 0.15) is 12.5 Å². The van der Waals surface area contributed by atoms with Gasteiger partial charge in [-0.25, -0.2) is 0 Å². The molecule has 0 aliphatic carbocycles. The van der Waals surface area contributed by atoms with E-state index in [0.717, 1.165) is 0 Å². The Kier molecular flexibility index (Phi) is 3.80. The maximum Gasteiger partial charge on any atom is 0.0611 e. The number of benzene rings is 2. The standard InChI is InChI=1S/C16H19NO/c1-16(17,12-18)11-14-9-5-6-10-15(14)13-7-3-2-4-8-13/h2-10,18H,11-12,17H2,1H3. The molecule has 2 rings (SSSR count). The zero-order valence-corrected chi connectivity index (χ0v) is 10.6. The SMILES string of the molecule is CC(N)(CO)Cc1ccccc1-c1ccccc1. The van der Waals surface area contributed by atoms with Crippen LogP contribution in [0.3, 0.4) is 0 Å². The van der Waals surface area contributed by atoms with Gasteiger partial charge in [0, 0.05) is 5.54 Å². The van der Waals surface area contributed by atoms with Crippen LogP contribution in [0, 0.1) is 0 Å². The van der Waals surface area contributed by atoms with Crippen molar-refractivity contribution in [1.29, 1.82) is 0 Å². The summed E-state index contributed by atoms with van der Waals surface area (Å²) < 4.78 is 0. The van der Waals surface area contributed by atoms with Crippen molar-refractivity contribution < 1.29 is 5.11 Å². The zero-order valence-electron chi connectivity index (χ0n) is 10.6. The molecule has 0 amide bonds. The van der Waals surface area contributed by atoms with Crippen molar-refractivity contribution >= 4 is 0 Å². The Balaban J connectivity index is 2.38. The zero-order chi connectivity index (χ0) is 13.0. The van der Waals surface area contributed by atoms with Gasteiger partial charge in [-0.1, -0.05) is 54.6 Å². The maximum absolute atomic E-state index is 9.29. The first-order valence-corrected chi connectivity index (χ1v) is 6.15. The molecule has 0 saturated carbocycles. The van der Waals surface area contributed by atoms with Crippen LogP contribution in [0.4, 0.5) is 0 Å². The van der Waals surface area contributed by atoms with Crippen molar-refractivity contribution in [2.24, 2.45) is 5.73 Å². The van der Waals surface area contributed by atoms with Crippen LogP contribution in [0.2, 0.25) is 0 Å². The van der Waals surface area contributed by atoms with Crippen LogP contribution in [0.15, 0.2) is 54.6 Å². The normalized spacial score (nSPS) is 14.2. The van der Waals surface area contributed by atoms with Gasteiger partial charge in [-0.3, -0.25) is 0 Å². The largest absolute Gasteiger partial charge is 0.394 e. The molecule has 2 aromatic carbocycles. The molecule has 2 heteroatoms. The van der Waals surface area contributed by atoms with Crippen LogP contribution in [-0.2, 0) is 6.42 Å². The highest BCUT2D eigenvalue weighted by atomic mass is 16.3. The number of aliphatic hydroxyl groups is 1. The van der Waals surface area contributed by atoms with Gasteiger partial charge in [0.05, 0.1) is 6.61 Å². The van der Waals surface area contributed by atoms with Crippen molar-refractivity contribution in [2.75, 3.05) is 6.61 Å². The summed E-state index contributed by atoms with van der Waals surface area (Å²) in [4.78, 5) is 0. The van der Waals surface area contributed by atoms with E-state index in [0.29, 0.717) is 6.42 Å². The van der Waals surface area contributed by atoms with Gasteiger partial charge in [0.25, 0.3) is 0 Å². The molecule has 1 unspecified atom stereocenters. The van der Waals surface area contributed by atoms with E-state index in [9.17, 15) is 5.11 Å². The van der Waals surface area contributed by atoms with E-state index in [4.69, 9.17) is 5.73 Å². The van der Waals surface area contributed by atoms with E-state index in [-0.39, 0.29) is 6.61 Å². The van der Waals surface area contributed by atoms with Crippen LogP contribution in [0.25, 0.3) is 11.1 Å². The molecule has 0 aromatic heterocycles. The Bertz CT molecular complexity index is 506. The van der Waals surface area contributed by atoms with Crippen LogP contribution in [0.5, 0.6) is 0 Å². The Labute approximate surface area is 108 Å². The average molecular weight is 241 g/mol. The van der Waals surface area contributed by atoms with E-state index < -0.39 is 5.54 Å². The molecule has 0 radical (unpaired) electrons. The molecular formula is C16H19NO. The fourth-order valence-corrected chi connectivity index (χ4v) is 2.06. The fourth-order valence-electron chi connectivity index (χ4n) is 2.06. The molecule has 94 valence electrons. The van der Waals surface area contributed by atoms with Gasteiger partial charge in [-0.2, -0.15) is 0 Å². The Morgan fingerprint density at radius 2 is 1.61 bits per heavy atom. The molecule has 1 atom stereocenters. The van der Waals surface area contributed by atoms with E-state index in [1.54, 1.807) is 0 Å². The minimum Gasteiger partial charge on any atom is -0.394 e. The summed E-state index contributed by atoms with van der Waals surface area (Å²) in [7, 11) is 0. The second kappa shape index (κ2) is 5.34. The van der Waals surface area contributed by atoms with Crippen molar-refractivity contribution in [2.45, 2.75) is 18.9 Å². The first kappa shape index (κ1) is 12.8. The third-order valence-corrected chi connectivity index (χ3v) is 3.06. The smallest absolute Gasteiger partial charge is 0.0611 e. The van der Waals surface area contributed by atoms with Gasteiger partial charge < -0.3 is 10.8 Å². The monoisotopic (exact) mass is 241 g/mol. The van der Waals surface area contributed by atoms with Gasteiger partial charge >= 0.3 is 0 Å². The molecule has 18 heavy (non-hydrogen) atoms. The Morgan fingerprint density at radius 3 is 2.28 bits per heavy atom. The van der Waals surface area contributed by atoms with Gasteiger partial charge in [0.2, 0.25) is 0 Å². The van der Waals surface area contributed by atoms with Gasteiger partial charge in [0.1, 0.15) is 0 Å². The second-order valence-corrected chi connectivity index (χ2v) is 5.01. The highest BCUT2D eigenvalue weighted by molar-refractivity contribution is 5.67. The predicted molar refractivity (Wildman–Crippen MR) is 75.3 cm³/mol. The molecule has 3 N–H and O–H groups in total. The third kappa shape index (κ3) is 2.97. The summed E-state index contributed by atoms with van der Waals surface area (Å²) in [6.07, 6.45) is 0.661. The summed E-state index contributed by atoms with van der Waals surface area (Å²) in [6, 6.07) is 18.4. The molecule has 0 heterocycles. The maximum atomic E-state index is 9.29. The van der Waals surface area contributed by atoms with Gasteiger partial charge in [0.15, 0.2) is 0 Å². The summed E-state index contributed by atoms with van der Waals surface area (Å²) in [5.74, 6) is 0. The average Bonchev–Trinajstić information content (AvgIpc) is 2.40. The lowest BCUT2D eigenvalue weighted by atomic mass is 9.89. The molecule has 0 spiro atoms. The van der Waals surface area contributed by atoms with Crippen LogP contribution >= 0.6 is 0 Å². The lowest BCUT2D eigenvalue weighted by Gasteiger charge is -2.23. The molecule has 0 aliphatic heterocycles. The van der Waals surface area contributed by atoms with Gasteiger partial charge in [-0.05, 0) is 30.0 Å². The predicted octanol–water partition coefficient (Wildman–Crippen LogP) is 2.61. The summed E-state index contributed by atoms with van der Waals surface area (Å²) >= 11 is 0. The number of nitrogens with two attached hydrogens (primary N) is 1. The number of rotatable bonds is 4. The van der Waals surface area contributed by atoms with E-state index in [1.807, 2.05) is 37.3 Å². The van der Waals surface area contributed by atoms with E-state index in [1.165, 1.54) is 16.7 Å². The Hall–Kier alpha value is -1.64. The third-order valence-electron chi connectivity index (χ3n) is 3.06. The van der Waals surface area contributed by atoms with Crippen LogP contribution < -0.4 is 5.73 Å². The van der Waals surface area contributed by atoms with E-state index in [2.05, 4.69) is 24.3 Å². The number of hydrogen-bond acceptors (Lipinski definition) is 2.